The maximum atomic E-state index is 11.9. The van der Waals surface area contributed by atoms with Crippen molar-refractivity contribution in [1.82, 2.24) is 14.8 Å². The topological polar surface area (TPSA) is 48.5 Å². The molecular weight excluding hydrogens is 240 g/mol. The van der Waals surface area contributed by atoms with E-state index < -0.39 is 0 Å². The molecule has 1 N–H and O–H groups in total. The summed E-state index contributed by atoms with van der Waals surface area (Å²) in [5.41, 5.74) is 1.74. The highest BCUT2D eigenvalue weighted by molar-refractivity contribution is 5.90. The molecule has 2 rings (SSSR count). The van der Waals surface area contributed by atoms with Crippen LogP contribution in [0.1, 0.15) is 12.1 Å². The Balaban J connectivity index is 1.73. The van der Waals surface area contributed by atoms with Crippen LogP contribution in [0.15, 0.2) is 18.3 Å². The molecule has 0 spiro atoms. The van der Waals surface area contributed by atoms with Crippen molar-refractivity contribution in [3.63, 3.8) is 0 Å². The summed E-state index contributed by atoms with van der Waals surface area (Å²) < 4.78 is 0. The van der Waals surface area contributed by atoms with Gasteiger partial charge in [0, 0.05) is 56.7 Å². The summed E-state index contributed by atoms with van der Waals surface area (Å²) in [5.74, 6) is 0.0736. The molecule has 0 aromatic carbocycles. The number of carbonyl (C=O) groups is 1. The number of pyridine rings is 1. The summed E-state index contributed by atoms with van der Waals surface area (Å²) in [4.78, 5) is 20.6. The van der Waals surface area contributed by atoms with Crippen LogP contribution >= 0.6 is 0 Å². The van der Waals surface area contributed by atoms with Crippen LogP contribution in [-0.4, -0.2) is 60.5 Å². The van der Waals surface area contributed by atoms with Crippen molar-refractivity contribution >= 4 is 11.6 Å². The Bertz CT molecular complexity index is 427. The highest BCUT2D eigenvalue weighted by Gasteiger charge is 2.14. The molecule has 0 aliphatic carbocycles. The van der Waals surface area contributed by atoms with Crippen LogP contribution in [0.3, 0.4) is 0 Å². The predicted octanol–water partition coefficient (Wildman–Crippen LogP) is 0.966. The average molecular weight is 262 g/mol. The number of piperazine rings is 1. The smallest absolute Gasteiger partial charge is 0.225 e. The third kappa shape index (κ3) is 4.61. The fourth-order valence-electron chi connectivity index (χ4n) is 2.18. The first-order valence-electron chi connectivity index (χ1n) is 6.77. The fraction of sp³-hybridized carbons (Fsp3) is 0.571. The molecule has 1 amide bonds. The molecule has 19 heavy (non-hydrogen) atoms. The van der Waals surface area contributed by atoms with Gasteiger partial charge in [-0.25, -0.2) is 0 Å². The van der Waals surface area contributed by atoms with Crippen LogP contribution < -0.4 is 5.32 Å². The zero-order valence-corrected chi connectivity index (χ0v) is 11.7. The van der Waals surface area contributed by atoms with E-state index in [1.54, 1.807) is 6.20 Å². The molecular formula is C14H22N4O. The quantitative estimate of drug-likeness (QED) is 0.878. The summed E-state index contributed by atoms with van der Waals surface area (Å²) in [6.07, 6.45) is 2.26. The van der Waals surface area contributed by atoms with Crippen molar-refractivity contribution in [1.29, 1.82) is 0 Å². The second-order valence-electron chi connectivity index (χ2n) is 5.13. The first kappa shape index (κ1) is 14.0. The third-order valence-electron chi connectivity index (χ3n) is 3.43. The van der Waals surface area contributed by atoms with Gasteiger partial charge in [-0.05, 0) is 26.1 Å². The monoisotopic (exact) mass is 262 g/mol. The van der Waals surface area contributed by atoms with Gasteiger partial charge in [0.2, 0.25) is 5.91 Å². The Morgan fingerprint density at radius 1 is 1.37 bits per heavy atom. The number of rotatable bonds is 4. The number of aryl methyl sites for hydroxylation is 1. The zero-order chi connectivity index (χ0) is 13.7. The van der Waals surface area contributed by atoms with E-state index in [1.807, 2.05) is 19.1 Å². The molecule has 2 heterocycles. The number of likely N-dealkylation sites (N-methyl/N-ethyl adjacent to an activating group) is 1. The Kier molecular flexibility index (Phi) is 4.87. The van der Waals surface area contributed by atoms with Gasteiger partial charge in [0.15, 0.2) is 0 Å². The van der Waals surface area contributed by atoms with Gasteiger partial charge in [0.05, 0.1) is 0 Å². The number of nitrogens with zero attached hydrogens (tertiary/aromatic N) is 3. The van der Waals surface area contributed by atoms with Crippen LogP contribution in [-0.2, 0) is 4.79 Å². The van der Waals surface area contributed by atoms with Crippen molar-refractivity contribution < 1.29 is 4.79 Å². The second-order valence-corrected chi connectivity index (χ2v) is 5.13. The Morgan fingerprint density at radius 2 is 2.11 bits per heavy atom. The van der Waals surface area contributed by atoms with Gasteiger partial charge in [-0.2, -0.15) is 0 Å². The molecule has 0 bridgehead atoms. The standard InChI is InChI=1S/C14H22N4O/c1-12-11-13(3-5-15-12)16-14(19)4-6-18-9-7-17(2)8-10-18/h3,5,11H,4,6-10H2,1-2H3,(H,15,16,19). The van der Waals surface area contributed by atoms with Crippen molar-refractivity contribution in [2.75, 3.05) is 45.1 Å². The van der Waals surface area contributed by atoms with E-state index in [9.17, 15) is 4.79 Å². The van der Waals surface area contributed by atoms with E-state index >= 15 is 0 Å². The van der Waals surface area contributed by atoms with Gasteiger partial charge in [0.25, 0.3) is 0 Å². The minimum atomic E-state index is 0.0736. The van der Waals surface area contributed by atoms with Crippen LogP contribution in [0.4, 0.5) is 5.69 Å². The van der Waals surface area contributed by atoms with E-state index in [-0.39, 0.29) is 5.91 Å². The van der Waals surface area contributed by atoms with Gasteiger partial charge < -0.3 is 15.1 Å². The molecule has 0 saturated carbocycles. The highest BCUT2D eigenvalue weighted by Crippen LogP contribution is 2.08. The number of anilines is 1. The van der Waals surface area contributed by atoms with E-state index in [4.69, 9.17) is 0 Å². The normalized spacial score (nSPS) is 17.4. The molecule has 5 nitrogen and oxygen atoms in total. The summed E-state index contributed by atoms with van der Waals surface area (Å²) in [6, 6.07) is 3.70. The van der Waals surface area contributed by atoms with E-state index in [0.717, 1.165) is 44.1 Å². The van der Waals surface area contributed by atoms with Crippen LogP contribution in [0.25, 0.3) is 0 Å². The zero-order valence-electron chi connectivity index (χ0n) is 11.7. The van der Waals surface area contributed by atoms with Crippen molar-refractivity contribution in [3.05, 3.63) is 24.0 Å². The van der Waals surface area contributed by atoms with Crippen LogP contribution in [0, 0.1) is 6.92 Å². The van der Waals surface area contributed by atoms with Crippen LogP contribution in [0.2, 0.25) is 0 Å². The third-order valence-corrected chi connectivity index (χ3v) is 3.43. The Morgan fingerprint density at radius 3 is 2.79 bits per heavy atom. The Labute approximate surface area is 114 Å². The first-order chi connectivity index (χ1) is 9.13. The van der Waals surface area contributed by atoms with Crippen molar-refractivity contribution in [3.8, 4) is 0 Å². The van der Waals surface area contributed by atoms with Gasteiger partial charge in [-0.3, -0.25) is 9.78 Å². The molecule has 0 radical (unpaired) electrons. The number of nitrogens with one attached hydrogen (secondary N) is 1. The van der Waals surface area contributed by atoms with E-state index in [1.165, 1.54) is 0 Å². The molecule has 1 saturated heterocycles. The maximum Gasteiger partial charge on any atom is 0.225 e. The number of hydrogen-bond donors (Lipinski definition) is 1. The fourth-order valence-corrected chi connectivity index (χ4v) is 2.18. The highest BCUT2D eigenvalue weighted by atomic mass is 16.1. The number of carbonyl (C=O) groups excluding carboxylic acids is 1. The molecule has 1 aromatic rings. The number of hydrogen-bond acceptors (Lipinski definition) is 4. The minimum Gasteiger partial charge on any atom is -0.326 e. The summed E-state index contributed by atoms with van der Waals surface area (Å²) in [7, 11) is 2.13. The molecule has 0 atom stereocenters. The van der Waals surface area contributed by atoms with Gasteiger partial charge >= 0.3 is 0 Å². The van der Waals surface area contributed by atoms with Gasteiger partial charge in [-0.1, -0.05) is 0 Å². The molecule has 0 unspecified atom stereocenters. The summed E-state index contributed by atoms with van der Waals surface area (Å²) in [6.45, 7) is 7.04. The summed E-state index contributed by atoms with van der Waals surface area (Å²) in [5, 5.41) is 2.92. The lowest BCUT2D eigenvalue weighted by Crippen LogP contribution is -2.45. The SMILES string of the molecule is Cc1cc(NC(=O)CCN2CCN(C)CC2)ccn1. The van der Waals surface area contributed by atoms with Gasteiger partial charge in [0.1, 0.15) is 0 Å². The second kappa shape index (κ2) is 6.63. The van der Waals surface area contributed by atoms with Crippen LogP contribution in [0.5, 0.6) is 0 Å². The van der Waals surface area contributed by atoms with E-state index in [0.29, 0.717) is 6.42 Å². The lowest BCUT2D eigenvalue weighted by atomic mass is 10.2. The van der Waals surface area contributed by atoms with Gasteiger partial charge in [-0.15, -0.1) is 0 Å². The van der Waals surface area contributed by atoms with Crippen molar-refractivity contribution in [2.45, 2.75) is 13.3 Å². The molecule has 1 aliphatic rings. The lowest BCUT2D eigenvalue weighted by Gasteiger charge is -2.32. The average Bonchev–Trinajstić information content (AvgIpc) is 2.38. The molecule has 1 aliphatic heterocycles. The van der Waals surface area contributed by atoms with Crippen molar-refractivity contribution in [2.24, 2.45) is 0 Å². The number of amides is 1. The lowest BCUT2D eigenvalue weighted by molar-refractivity contribution is -0.116. The molecule has 5 heteroatoms. The largest absolute Gasteiger partial charge is 0.326 e. The molecule has 1 fully saturated rings. The minimum absolute atomic E-state index is 0.0736. The summed E-state index contributed by atoms with van der Waals surface area (Å²) >= 11 is 0. The predicted molar refractivity (Wildman–Crippen MR) is 76.2 cm³/mol. The van der Waals surface area contributed by atoms with E-state index in [2.05, 4.69) is 27.1 Å². The maximum absolute atomic E-state index is 11.9. The molecule has 104 valence electrons. The first-order valence-corrected chi connectivity index (χ1v) is 6.77. The number of aromatic nitrogens is 1. The molecule has 1 aromatic heterocycles. The Hall–Kier alpha value is -1.46.